The number of benzene rings is 1. The summed E-state index contributed by atoms with van der Waals surface area (Å²) in [5.41, 5.74) is -1.20. The highest BCUT2D eigenvalue weighted by atomic mass is 79.9. The molecule has 0 fully saturated rings. The van der Waals surface area contributed by atoms with Crippen molar-refractivity contribution in [3.05, 3.63) is 60.3 Å². The van der Waals surface area contributed by atoms with Crippen molar-refractivity contribution in [3.63, 3.8) is 0 Å². The molecule has 6 nitrogen and oxygen atoms in total. The van der Waals surface area contributed by atoms with Gasteiger partial charge in [0.2, 0.25) is 0 Å². The van der Waals surface area contributed by atoms with Crippen LogP contribution >= 0.6 is 27.5 Å². The van der Waals surface area contributed by atoms with E-state index in [2.05, 4.69) is 26.2 Å². The molecule has 3 N–H and O–H groups in total. The van der Waals surface area contributed by atoms with E-state index in [1.54, 1.807) is 18.2 Å². The Labute approximate surface area is 119 Å². The normalized spacial score (nSPS) is 10.2. The third-order valence-electron chi connectivity index (χ3n) is 2.18. The Morgan fingerprint density at radius 1 is 1.21 bits per heavy atom. The Balaban J connectivity index is 2.33. The van der Waals surface area contributed by atoms with Crippen molar-refractivity contribution < 1.29 is 4.79 Å². The summed E-state index contributed by atoms with van der Waals surface area (Å²) in [5.74, 6) is -0.636. The zero-order valence-electron chi connectivity index (χ0n) is 9.29. The minimum atomic E-state index is -0.752. The Morgan fingerprint density at radius 2 is 1.95 bits per heavy atom. The predicted molar refractivity (Wildman–Crippen MR) is 74.8 cm³/mol. The van der Waals surface area contributed by atoms with Gasteiger partial charge in [0.15, 0.2) is 0 Å². The molecular formula is C11H7BrClN3O3. The molecule has 2 aromatic rings. The smallest absolute Gasteiger partial charge is 0.319 e. The standard InChI is InChI=1S/C11H7BrClN3O3/c12-5-1-2-6(13)7(3-5)14-10(18)8-4-9(17)16-11(19)15-8/h1-4H,(H,14,18)(H2,15,16,17,19). The van der Waals surface area contributed by atoms with E-state index in [0.29, 0.717) is 10.7 Å². The molecule has 0 saturated heterocycles. The van der Waals surface area contributed by atoms with Crippen LogP contribution in [0.5, 0.6) is 0 Å². The summed E-state index contributed by atoms with van der Waals surface area (Å²) in [6.07, 6.45) is 0. The van der Waals surface area contributed by atoms with Crippen LogP contribution in [0.2, 0.25) is 5.02 Å². The number of halogens is 2. The molecule has 1 aromatic heterocycles. The van der Waals surface area contributed by atoms with Crippen LogP contribution < -0.4 is 16.6 Å². The number of hydrogen-bond acceptors (Lipinski definition) is 3. The lowest BCUT2D eigenvalue weighted by atomic mass is 10.3. The van der Waals surface area contributed by atoms with Crippen molar-refractivity contribution in [2.24, 2.45) is 0 Å². The number of rotatable bonds is 2. The molecule has 2 rings (SSSR count). The summed E-state index contributed by atoms with van der Waals surface area (Å²) >= 11 is 9.16. The number of anilines is 1. The molecule has 0 aliphatic heterocycles. The van der Waals surface area contributed by atoms with E-state index in [4.69, 9.17) is 11.6 Å². The average Bonchev–Trinajstić information content (AvgIpc) is 2.32. The number of nitrogens with one attached hydrogen (secondary N) is 3. The summed E-state index contributed by atoms with van der Waals surface area (Å²) in [6, 6.07) is 5.91. The maximum Gasteiger partial charge on any atom is 0.326 e. The Bertz CT molecular complexity index is 725. The summed E-state index contributed by atoms with van der Waals surface area (Å²) in [6.45, 7) is 0. The summed E-state index contributed by atoms with van der Waals surface area (Å²) < 4.78 is 0.728. The quantitative estimate of drug-likeness (QED) is 0.774. The van der Waals surface area contributed by atoms with Crippen LogP contribution in [0.15, 0.2) is 38.3 Å². The molecule has 98 valence electrons. The average molecular weight is 345 g/mol. The van der Waals surface area contributed by atoms with E-state index in [1.165, 1.54) is 0 Å². The van der Waals surface area contributed by atoms with Crippen LogP contribution in [0.25, 0.3) is 0 Å². The summed E-state index contributed by atoms with van der Waals surface area (Å²) in [4.78, 5) is 38.2. The van der Waals surface area contributed by atoms with Gasteiger partial charge < -0.3 is 10.3 Å². The van der Waals surface area contributed by atoms with Crippen LogP contribution in [0, 0.1) is 0 Å². The first-order chi connectivity index (χ1) is 8.95. The lowest BCUT2D eigenvalue weighted by Crippen LogP contribution is -2.27. The lowest BCUT2D eigenvalue weighted by molar-refractivity contribution is 0.102. The van der Waals surface area contributed by atoms with Crippen LogP contribution in [-0.4, -0.2) is 15.9 Å². The first kappa shape index (κ1) is 13.6. The van der Waals surface area contributed by atoms with Gasteiger partial charge in [-0.3, -0.25) is 14.6 Å². The fraction of sp³-hybridized carbons (Fsp3) is 0. The minimum absolute atomic E-state index is 0.148. The minimum Gasteiger partial charge on any atom is -0.319 e. The van der Waals surface area contributed by atoms with E-state index >= 15 is 0 Å². The third-order valence-corrected chi connectivity index (χ3v) is 3.00. The molecule has 0 aliphatic carbocycles. The van der Waals surface area contributed by atoms with Gasteiger partial charge in [-0.05, 0) is 18.2 Å². The lowest BCUT2D eigenvalue weighted by Gasteiger charge is -2.07. The second kappa shape index (κ2) is 5.41. The van der Waals surface area contributed by atoms with Crippen LogP contribution in [0.4, 0.5) is 5.69 Å². The second-order valence-electron chi connectivity index (χ2n) is 3.58. The maximum atomic E-state index is 11.9. The van der Waals surface area contributed by atoms with E-state index in [9.17, 15) is 14.4 Å². The highest BCUT2D eigenvalue weighted by Gasteiger charge is 2.10. The molecule has 0 saturated carbocycles. The SMILES string of the molecule is O=C(Nc1cc(Br)ccc1Cl)c1cc(=O)[nH]c(=O)[nH]1. The highest BCUT2D eigenvalue weighted by Crippen LogP contribution is 2.25. The molecule has 0 bridgehead atoms. The molecule has 0 spiro atoms. The van der Waals surface area contributed by atoms with E-state index in [1.807, 2.05) is 4.98 Å². The molecular weight excluding hydrogens is 337 g/mol. The van der Waals surface area contributed by atoms with Gasteiger partial charge in [0, 0.05) is 10.5 Å². The molecule has 1 amide bonds. The number of hydrogen-bond donors (Lipinski definition) is 3. The first-order valence-electron chi connectivity index (χ1n) is 5.06. The number of carbonyl (C=O) groups excluding carboxylic acids is 1. The van der Waals surface area contributed by atoms with Gasteiger partial charge >= 0.3 is 5.69 Å². The molecule has 8 heteroatoms. The van der Waals surface area contributed by atoms with E-state index in [-0.39, 0.29) is 5.69 Å². The van der Waals surface area contributed by atoms with Crippen molar-refractivity contribution in [2.75, 3.05) is 5.32 Å². The van der Waals surface area contributed by atoms with Gasteiger partial charge in [-0.25, -0.2) is 4.79 Å². The molecule has 19 heavy (non-hydrogen) atoms. The van der Waals surface area contributed by atoms with Crippen molar-refractivity contribution >= 4 is 39.1 Å². The van der Waals surface area contributed by atoms with Crippen LogP contribution in [-0.2, 0) is 0 Å². The molecule has 0 unspecified atom stereocenters. The zero-order chi connectivity index (χ0) is 14.0. The van der Waals surface area contributed by atoms with Gasteiger partial charge in [0.05, 0.1) is 10.7 Å². The molecule has 0 radical (unpaired) electrons. The van der Waals surface area contributed by atoms with Crippen LogP contribution in [0.3, 0.4) is 0 Å². The number of aromatic amines is 2. The molecule has 0 atom stereocenters. The Kier molecular flexibility index (Phi) is 3.87. The number of amides is 1. The number of carbonyl (C=O) groups is 1. The number of H-pyrrole nitrogens is 2. The molecule has 1 aromatic carbocycles. The zero-order valence-corrected chi connectivity index (χ0v) is 11.6. The summed E-state index contributed by atoms with van der Waals surface area (Å²) in [7, 11) is 0. The van der Waals surface area contributed by atoms with Crippen molar-refractivity contribution in [2.45, 2.75) is 0 Å². The van der Waals surface area contributed by atoms with Crippen molar-refractivity contribution in [1.29, 1.82) is 0 Å². The largest absolute Gasteiger partial charge is 0.326 e. The van der Waals surface area contributed by atoms with Crippen molar-refractivity contribution in [1.82, 2.24) is 9.97 Å². The van der Waals surface area contributed by atoms with Gasteiger partial charge in [-0.1, -0.05) is 27.5 Å². The topological polar surface area (TPSA) is 94.8 Å². The van der Waals surface area contributed by atoms with Gasteiger partial charge in [0.25, 0.3) is 11.5 Å². The Hall–Kier alpha value is -1.86. The van der Waals surface area contributed by atoms with E-state index < -0.39 is 17.2 Å². The van der Waals surface area contributed by atoms with Gasteiger partial charge in [-0.15, -0.1) is 0 Å². The van der Waals surface area contributed by atoms with Crippen LogP contribution in [0.1, 0.15) is 10.5 Å². The van der Waals surface area contributed by atoms with Gasteiger partial charge in [0.1, 0.15) is 5.69 Å². The van der Waals surface area contributed by atoms with Crippen molar-refractivity contribution in [3.8, 4) is 0 Å². The second-order valence-corrected chi connectivity index (χ2v) is 4.90. The monoisotopic (exact) mass is 343 g/mol. The van der Waals surface area contributed by atoms with Gasteiger partial charge in [-0.2, -0.15) is 0 Å². The first-order valence-corrected chi connectivity index (χ1v) is 6.23. The highest BCUT2D eigenvalue weighted by molar-refractivity contribution is 9.10. The fourth-order valence-corrected chi connectivity index (χ4v) is 1.90. The number of aromatic nitrogens is 2. The summed E-state index contributed by atoms with van der Waals surface area (Å²) in [5, 5.41) is 2.83. The predicted octanol–water partition coefficient (Wildman–Crippen LogP) is 1.73. The molecule has 1 heterocycles. The fourth-order valence-electron chi connectivity index (χ4n) is 1.37. The van der Waals surface area contributed by atoms with E-state index in [0.717, 1.165) is 10.5 Å². The molecule has 0 aliphatic rings. The maximum absolute atomic E-state index is 11.9. The Morgan fingerprint density at radius 3 is 2.63 bits per heavy atom. The third kappa shape index (κ3) is 3.33.